The van der Waals surface area contributed by atoms with Crippen LogP contribution in [0, 0.1) is 5.92 Å². The van der Waals surface area contributed by atoms with E-state index in [9.17, 15) is 4.79 Å². The molecule has 0 saturated heterocycles. The molecule has 1 atom stereocenters. The average molecular weight is 442 g/mol. The number of carbonyl (C=O) groups excluding carboxylic acids is 1. The highest BCUT2D eigenvalue weighted by Crippen LogP contribution is 2.30. The topological polar surface area (TPSA) is 72.7 Å². The Balaban J connectivity index is 1.79. The molecule has 1 N–H and O–H groups in total. The predicted molar refractivity (Wildman–Crippen MR) is 112 cm³/mol. The molecule has 1 unspecified atom stereocenters. The molecule has 2 heterocycles. The Bertz CT molecular complexity index is 941. The van der Waals surface area contributed by atoms with Crippen molar-refractivity contribution in [2.45, 2.75) is 39.3 Å². The van der Waals surface area contributed by atoms with E-state index in [0.717, 1.165) is 22.0 Å². The Hall–Kier alpha value is -2.54. The summed E-state index contributed by atoms with van der Waals surface area (Å²) in [4.78, 5) is 17.0. The van der Waals surface area contributed by atoms with E-state index >= 15 is 0 Å². The van der Waals surface area contributed by atoms with E-state index in [0.29, 0.717) is 18.2 Å². The van der Waals surface area contributed by atoms with Crippen LogP contribution in [0.2, 0.25) is 0 Å². The fourth-order valence-corrected chi connectivity index (χ4v) is 3.76. The monoisotopic (exact) mass is 441 g/mol. The number of nitrogens with one attached hydrogen (secondary N) is 1. The van der Waals surface area contributed by atoms with E-state index in [1.165, 1.54) is 0 Å². The first kappa shape index (κ1) is 20.2. The van der Waals surface area contributed by atoms with Gasteiger partial charge in [0.05, 0.1) is 18.3 Å². The molecule has 146 valence electrons. The summed E-state index contributed by atoms with van der Waals surface area (Å²) >= 11 is 3.52. The second kappa shape index (κ2) is 8.65. The van der Waals surface area contributed by atoms with Crippen LogP contribution in [0.1, 0.15) is 48.8 Å². The second-order valence-corrected chi connectivity index (χ2v) is 8.47. The van der Waals surface area contributed by atoms with Gasteiger partial charge in [0.15, 0.2) is 5.69 Å². The van der Waals surface area contributed by atoms with Gasteiger partial charge in [-0.05, 0) is 48.6 Å². The quantitative estimate of drug-likeness (QED) is 0.596. The van der Waals surface area contributed by atoms with Crippen molar-refractivity contribution in [1.29, 1.82) is 0 Å². The molecule has 28 heavy (non-hydrogen) atoms. The fourth-order valence-electron chi connectivity index (χ4n) is 3.36. The van der Waals surface area contributed by atoms with E-state index in [2.05, 4.69) is 50.4 Å². The predicted octanol–water partition coefficient (Wildman–Crippen LogP) is 4.18. The lowest BCUT2D eigenvalue weighted by Crippen LogP contribution is -2.44. The van der Waals surface area contributed by atoms with Gasteiger partial charge in [-0.2, -0.15) is 0 Å². The first-order valence-corrected chi connectivity index (χ1v) is 10.0. The minimum Gasteiger partial charge on any atom is -0.341 e. The molecule has 0 aliphatic carbocycles. The molecule has 0 fully saturated rings. The Morgan fingerprint density at radius 3 is 2.79 bits per heavy atom. The molecule has 3 aromatic rings. The number of rotatable bonds is 7. The van der Waals surface area contributed by atoms with Crippen molar-refractivity contribution < 1.29 is 4.79 Å². The van der Waals surface area contributed by atoms with Gasteiger partial charge in [0, 0.05) is 16.9 Å². The highest BCUT2D eigenvalue weighted by Gasteiger charge is 2.31. The number of hydrogen-bond acceptors (Lipinski definition) is 4. The maximum absolute atomic E-state index is 12.9. The van der Waals surface area contributed by atoms with Crippen LogP contribution in [0.4, 0.5) is 0 Å². The molecule has 0 radical (unpaired) electrons. The lowest BCUT2D eigenvalue weighted by Gasteiger charge is -2.33. The van der Waals surface area contributed by atoms with Crippen LogP contribution in [-0.2, 0) is 12.1 Å². The van der Waals surface area contributed by atoms with Crippen molar-refractivity contribution in [2.75, 3.05) is 0 Å². The van der Waals surface area contributed by atoms with Crippen LogP contribution in [0.15, 0.2) is 59.5 Å². The number of carbonyl (C=O) groups is 1. The van der Waals surface area contributed by atoms with Gasteiger partial charge in [-0.1, -0.05) is 53.2 Å². The fraction of sp³-hybridized carbons (Fsp3) is 0.333. The number of halogens is 1. The number of amides is 1. The smallest absolute Gasteiger partial charge is 0.274 e. The number of nitrogens with zero attached hydrogens (tertiary/aromatic N) is 4. The normalized spacial score (nSPS) is 13.3. The number of hydrogen-bond donors (Lipinski definition) is 1. The van der Waals surface area contributed by atoms with Gasteiger partial charge < -0.3 is 5.32 Å². The highest BCUT2D eigenvalue weighted by atomic mass is 79.9. The van der Waals surface area contributed by atoms with E-state index < -0.39 is 5.54 Å². The number of benzene rings is 1. The van der Waals surface area contributed by atoms with Gasteiger partial charge in [-0.15, -0.1) is 5.10 Å². The highest BCUT2D eigenvalue weighted by molar-refractivity contribution is 9.10. The van der Waals surface area contributed by atoms with Crippen LogP contribution in [-0.4, -0.2) is 25.9 Å². The largest absolute Gasteiger partial charge is 0.341 e. The minimum absolute atomic E-state index is 0.236. The Labute approximate surface area is 173 Å². The lowest BCUT2D eigenvalue weighted by molar-refractivity contribution is 0.0887. The minimum atomic E-state index is -0.512. The summed E-state index contributed by atoms with van der Waals surface area (Å²) < 4.78 is 2.63. The van der Waals surface area contributed by atoms with Crippen molar-refractivity contribution in [3.05, 3.63) is 76.3 Å². The first-order valence-electron chi connectivity index (χ1n) is 9.23. The summed E-state index contributed by atoms with van der Waals surface area (Å²) in [6.45, 7) is 6.86. The summed E-state index contributed by atoms with van der Waals surface area (Å²) in [6, 6.07) is 11.9. The van der Waals surface area contributed by atoms with Gasteiger partial charge in [0.1, 0.15) is 0 Å². The van der Waals surface area contributed by atoms with Crippen LogP contribution in [0.3, 0.4) is 0 Å². The zero-order valence-corrected chi connectivity index (χ0v) is 17.8. The van der Waals surface area contributed by atoms with Gasteiger partial charge in [-0.25, -0.2) is 4.68 Å². The molecule has 0 aliphatic rings. The summed E-state index contributed by atoms with van der Waals surface area (Å²) in [5.74, 6) is 0.172. The van der Waals surface area contributed by atoms with Gasteiger partial charge in [-0.3, -0.25) is 9.78 Å². The van der Waals surface area contributed by atoms with Crippen LogP contribution >= 0.6 is 15.9 Å². The Kier molecular flexibility index (Phi) is 6.24. The number of pyridine rings is 1. The maximum Gasteiger partial charge on any atom is 0.274 e. The molecule has 0 bridgehead atoms. The Morgan fingerprint density at radius 1 is 1.29 bits per heavy atom. The zero-order chi connectivity index (χ0) is 20.1. The third-order valence-corrected chi connectivity index (χ3v) is 5.00. The van der Waals surface area contributed by atoms with E-state index in [1.54, 1.807) is 23.3 Å². The first-order chi connectivity index (χ1) is 13.4. The van der Waals surface area contributed by atoms with Gasteiger partial charge in [0.2, 0.25) is 0 Å². The standard InChI is InChI=1S/C21H24BrN5O/c1-15(2)11-21(3,17-7-4-8-18(22)10-17)24-20(28)19-14-27(26-25-19)13-16-6-5-9-23-12-16/h4-10,12,14-15H,11,13H2,1-3H3,(H,24,28). The van der Waals surface area contributed by atoms with E-state index in [4.69, 9.17) is 0 Å². The molecule has 0 saturated carbocycles. The van der Waals surface area contributed by atoms with Crippen molar-refractivity contribution in [2.24, 2.45) is 5.92 Å². The van der Waals surface area contributed by atoms with Gasteiger partial charge in [0.25, 0.3) is 5.91 Å². The molecular weight excluding hydrogens is 418 g/mol. The van der Waals surface area contributed by atoms with Crippen molar-refractivity contribution >= 4 is 21.8 Å². The SMILES string of the molecule is CC(C)CC(C)(NC(=O)c1cn(Cc2cccnc2)nn1)c1cccc(Br)c1. The summed E-state index contributed by atoms with van der Waals surface area (Å²) in [7, 11) is 0. The van der Waals surface area contributed by atoms with Crippen molar-refractivity contribution in [1.82, 2.24) is 25.3 Å². The number of aromatic nitrogens is 4. The third kappa shape index (κ3) is 5.04. The van der Waals surface area contributed by atoms with Gasteiger partial charge >= 0.3 is 0 Å². The lowest BCUT2D eigenvalue weighted by atomic mass is 9.84. The molecule has 3 rings (SSSR count). The molecule has 2 aromatic heterocycles. The van der Waals surface area contributed by atoms with Crippen LogP contribution < -0.4 is 5.32 Å². The summed E-state index contributed by atoms with van der Waals surface area (Å²) in [5.41, 5.74) is 1.83. The van der Waals surface area contributed by atoms with E-state index in [1.807, 2.05) is 43.3 Å². The van der Waals surface area contributed by atoms with Crippen LogP contribution in [0.5, 0.6) is 0 Å². The second-order valence-electron chi connectivity index (χ2n) is 7.56. The molecular formula is C21H24BrN5O. The van der Waals surface area contributed by atoms with E-state index in [-0.39, 0.29) is 5.91 Å². The average Bonchev–Trinajstić information content (AvgIpc) is 3.10. The molecule has 7 heteroatoms. The maximum atomic E-state index is 12.9. The zero-order valence-electron chi connectivity index (χ0n) is 16.3. The third-order valence-electron chi connectivity index (χ3n) is 4.51. The van der Waals surface area contributed by atoms with Crippen LogP contribution in [0.25, 0.3) is 0 Å². The summed E-state index contributed by atoms with van der Waals surface area (Å²) in [5, 5.41) is 11.3. The molecule has 1 amide bonds. The molecule has 0 spiro atoms. The van der Waals surface area contributed by atoms with Crippen molar-refractivity contribution in [3.8, 4) is 0 Å². The Morgan fingerprint density at radius 2 is 2.11 bits per heavy atom. The molecule has 6 nitrogen and oxygen atoms in total. The molecule has 1 aromatic carbocycles. The molecule has 0 aliphatic heterocycles. The summed E-state index contributed by atoms with van der Waals surface area (Å²) in [6.07, 6.45) is 5.97. The van der Waals surface area contributed by atoms with Crippen molar-refractivity contribution in [3.63, 3.8) is 0 Å².